The van der Waals surface area contributed by atoms with Gasteiger partial charge in [0.25, 0.3) is 5.91 Å². The van der Waals surface area contributed by atoms with Crippen LogP contribution in [0.25, 0.3) is 0 Å². The van der Waals surface area contributed by atoms with E-state index in [2.05, 4.69) is 18.8 Å². The summed E-state index contributed by atoms with van der Waals surface area (Å²) in [6.07, 6.45) is 3.46. The van der Waals surface area contributed by atoms with E-state index in [1.165, 1.54) is 7.05 Å². The van der Waals surface area contributed by atoms with Crippen LogP contribution in [0.4, 0.5) is 0 Å². The van der Waals surface area contributed by atoms with Crippen LogP contribution in [-0.4, -0.2) is 33.7 Å². The van der Waals surface area contributed by atoms with E-state index in [1.807, 2.05) is 39.0 Å². The van der Waals surface area contributed by atoms with Crippen molar-refractivity contribution in [2.45, 2.75) is 63.7 Å². The summed E-state index contributed by atoms with van der Waals surface area (Å²) in [5, 5.41) is 1.99. The van der Waals surface area contributed by atoms with Crippen molar-refractivity contribution in [1.82, 2.24) is 10.0 Å². The van der Waals surface area contributed by atoms with E-state index in [4.69, 9.17) is 4.84 Å². The summed E-state index contributed by atoms with van der Waals surface area (Å²) in [6, 6.07) is 5.80. The highest BCUT2D eigenvalue weighted by Crippen LogP contribution is 2.45. The van der Waals surface area contributed by atoms with Gasteiger partial charge in [0.2, 0.25) is 0 Å². The van der Waals surface area contributed by atoms with Gasteiger partial charge < -0.3 is 4.84 Å². The molecule has 1 heterocycles. The van der Waals surface area contributed by atoms with Crippen LogP contribution in [-0.2, 0) is 14.4 Å². The first kappa shape index (κ1) is 21.8. The zero-order valence-electron chi connectivity index (χ0n) is 15.9. The fourth-order valence-electron chi connectivity index (χ4n) is 2.39. The van der Waals surface area contributed by atoms with Gasteiger partial charge in [-0.1, -0.05) is 23.8 Å². The third kappa shape index (κ3) is 7.69. The number of rotatable bonds is 8. The van der Waals surface area contributed by atoms with E-state index < -0.39 is 11.4 Å². The first-order valence-corrected chi connectivity index (χ1v) is 10.5. The van der Waals surface area contributed by atoms with Crippen LogP contribution < -0.4 is 0 Å². The maximum atomic E-state index is 12.5. The number of carbonyl (C=O) groups excluding carboxylic acids is 2. The highest BCUT2D eigenvalue weighted by molar-refractivity contribution is 8.77. The van der Waals surface area contributed by atoms with Crippen LogP contribution in [0.3, 0.4) is 0 Å². The molecule has 0 spiro atoms. The molecule has 1 aromatic rings. The van der Waals surface area contributed by atoms with Gasteiger partial charge in [-0.15, -0.1) is 0 Å². The molecular formula is C18H28N2O3S2. The minimum absolute atomic E-state index is 0.170. The van der Waals surface area contributed by atoms with Crippen molar-refractivity contribution in [1.29, 1.82) is 0 Å². The summed E-state index contributed by atoms with van der Waals surface area (Å²) in [5.74, 6) is -0.582. The lowest BCUT2D eigenvalue weighted by Gasteiger charge is -2.33. The Hall–Kier alpha value is -1.21. The predicted octanol–water partition coefficient (Wildman–Crippen LogP) is 4.73. The van der Waals surface area contributed by atoms with Gasteiger partial charge in [0.15, 0.2) is 0 Å². The standard InChI is InChI=1S/C18H28N2O3S2/c1-7-10-15(21)20(6)23-16(22)17(2,3)13-18(4,5)25-24-14-11-8-9-12-19-14/h8-9,11-12H,7,10,13H2,1-6H3. The molecule has 0 aliphatic rings. The minimum Gasteiger partial charge on any atom is -0.338 e. The van der Waals surface area contributed by atoms with E-state index in [0.29, 0.717) is 12.8 Å². The molecule has 0 unspecified atom stereocenters. The molecule has 0 radical (unpaired) electrons. The quantitative estimate of drug-likeness (QED) is 0.477. The van der Waals surface area contributed by atoms with Crippen LogP contribution >= 0.6 is 21.6 Å². The summed E-state index contributed by atoms with van der Waals surface area (Å²) >= 11 is 0. The molecule has 25 heavy (non-hydrogen) atoms. The topological polar surface area (TPSA) is 59.5 Å². The smallest absolute Gasteiger partial charge is 0.338 e. The second kappa shape index (κ2) is 9.48. The lowest BCUT2D eigenvalue weighted by molar-refractivity contribution is -0.201. The van der Waals surface area contributed by atoms with Gasteiger partial charge in [0, 0.05) is 24.4 Å². The Morgan fingerprint density at radius 1 is 1.24 bits per heavy atom. The van der Waals surface area contributed by atoms with E-state index >= 15 is 0 Å². The van der Waals surface area contributed by atoms with Gasteiger partial charge in [0.05, 0.1) is 5.41 Å². The summed E-state index contributed by atoms with van der Waals surface area (Å²) in [4.78, 5) is 33.8. The first-order valence-electron chi connectivity index (χ1n) is 8.33. The first-order chi connectivity index (χ1) is 11.6. The molecule has 0 bridgehead atoms. The third-order valence-electron chi connectivity index (χ3n) is 3.45. The largest absolute Gasteiger partial charge is 0.338 e. The lowest BCUT2D eigenvalue weighted by Crippen LogP contribution is -2.39. The van der Waals surface area contributed by atoms with Crippen molar-refractivity contribution in [3.05, 3.63) is 24.4 Å². The molecule has 0 aliphatic heterocycles. The summed E-state index contributed by atoms with van der Waals surface area (Å²) < 4.78 is -0.170. The summed E-state index contributed by atoms with van der Waals surface area (Å²) in [7, 11) is 4.76. The summed E-state index contributed by atoms with van der Waals surface area (Å²) in [6.45, 7) is 9.79. The van der Waals surface area contributed by atoms with Crippen molar-refractivity contribution in [2.24, 2.45) is 5.41 Å². The Morgan fingerprint density at radius 2 is 1.92 bits per heavy atom. The maximum absolute atomic E-state index is 12.5. The molecule has 0 aromatic carbocycles. The van der Waals surface area contributed by atoms with Gasteiger partial charge in [-0.05, 0) is 63.5 Å². The SMILES string of the molecule is CCCC(=O)N(C)OC(=O)C(C)(C)CC(C)(C)SSc1ccccn1. The monoisotopic (exact) mass is 384 g/mol. The number of carbonyl (C=O) groups is 2. The van der Waals surface area contributed by atoms with Crippen molar-refractivity contribution in [3.63, 3.8) is 0 Å². The second-order valence-electron chi connectivity index (χ2n) is 7.17. The Labute approximate surface area is 158 Å². The zero-order chi connectivity index (χ0) is 19.1. The van der Waals surface area contributed by atoms with Crippen molar-refractivity contribution >= 4 is 33.5 Å². The highest BCUT2D eigenvalue weighted by atomic mass is 33.1. The van der Waals surface area contributed by atoms with Crippen LogP contribution in [0.5, 0.6) is 0 Å². The van der Waals surface area contributed by atoms with E-state index in [-0.39, 0.29) is 10.7 Å². The zero-order valence-corrected chi connectivity index (χ0v) is 17.5. The van der Waals surface area contributed by atoms with Gasteiger partial charge >= 0.3 is 5.97 Å². The summed E-state index contributed by atoms with van der Waals surface area (Å²) in [5.41, 5.74) is -0.706. The Morgan fingerprint density at radius 3 is 2.48 bits per heavy atom. The molecule has 0 saturated heterocycles. The van der Waals surface area contributed by atoms with Crippen LogP contribution in [0, 0.1) is 5.41 Å². The van der Waals surface area contributed by atoms with E-state index in [1.54, 1.807) is 27.8 Å². The van der Waals surface area contributed by atoms with Crippen LogP contribution in [0.2, 0.25) is 0 Å². The molecule has 140 valence electrons. The van der Waals surface area contributed by atoms with E-state index in [9.17, 15) is 9.59 Å². The van der Waals surface area contributed by atoms with Crippen LogP contribution in [0.15, 0.2) is 29.4 Å². The molecule has 5 nitrogen and oxygen atoms in total. The van der Waals surface area contributed by atoms with Gasteiger partial charge in [-0.3, -0.25) is 4.79 Å². The molecule has 7 heteroatoms. The maximum Gasteiger partial charge on any atom is 0.338 e. The van der Waals surface area contributed by atoms with Gasteiger partial charge in [-0.25, -0.2) is 9.78 Å². The average molecular weight is 385 g/mol. The lowest BCUT2D eigenvalue weighted by atomic mass is 9.84. The normalized spacial score (nSPS) is 11.9. The van der Waals surface area contributed by atoms with Crippen molar-refractivity contribution in [3.8, 4) is 0 Å². The van der Waals surface area contributed by atoms with Crippen LogP contribution in [0.1, 0.15) is 53.9 Å². The van der Waals surface area contributed by atoms with Crippen molar-refractivity contribution < 1.29 is 14.4 Å². The molecule has 0 atom stereocenters. The molecule has 0 saturated carbocycles. The minimum atomic E-state index is -0.706. The number of hydrogen-bond donors (Lipinski definition) is 0. The number of amides is 1. The molecule has 1 rings (SSSR count). The average Bonchev–Trinajstić information content (AvgIpc) is 2.53. The molecule has 1 amide bonds. The predicted molar refractivity (Wildman–Crippen MR) is 104 cm³/mol. The fraction of sp³-hybridized carbons (Fsp3) is 0.611. The Bertz CT molecular complexity index is 577. The Balaban J connectivity index is 2.61. The number of pyridine rings is 1. The molecule has 0 fully saturated rings. The number of hydroxylamine groups is 2. The molecule has 1 aromatic heterocycles. The fourth-order valence-corrected chi connectivity index (χ4v) is 4.76. The Kier molecular flexibility index (Phi) is 8.28. The number of hydrogen-bond acceptors (Lipinski definition) is 6. The van der Waals surface area contributed by atoms with E-state index in [0.717, 1.165) is 16.5 Å². The molecular weight excluding hydrogens is 356 g/mol. The second-order valence-corrected chi connectivity index (χ2v) is 10.0. The number of aromatic nitrogens is 1. The third-order valence-corrected chi connectivity index (χ3v) is 6.65. The van der Waals surface area contributed by atoms with Crippen molar-refractivity contribution in [2.75, 3.05) is 7.05 Å². The molecule has 0 aliphatic carbocycles. The van der Waals surface area contributed by atoms with Gasteiger partial charge in [0.1, 0.15) is 5.03 Å². The van der Waals surface area contributed by atoms with Gasteiger partial charge in [-0.2, -0.15) is 5.06 Å². The highest BCUT2D eigenvalue weighted by Gasteiger charge is 2.38. The number of nitrogens with zero attached hydrogens (tertiary/aromatic N) is 2. The molecule has 0 N–H and O–H groups in total.